The van der Waals surface area contributed by atoms with Gasteiger partial charge in [0.15, 0.2) is 0 Å². The second kappa shape index (κ2) is 9.72. The number of aromatic nitrogens is 2. The summed E-state index contributed by atoms with van der Waals surface area (Å²) < 4.78 is 5.35. The van der Waals surface area contributed by atoms with E-state index < -0.39 is 0 Å². The van der Waals surface area contributed by atoms with Crippen LogP contribution in [0.4, 0.5) is 5.95 Å². The molecular weight excluding hydrogens is 402 g/mol. The maximum absolute atomic E-state index is 12.7. The lowest BCUT2D eigenvalue weighted by molar-refractivity contribution is -0.133. The van der Waals surface area contributed by atoms with E-state index in [4.69, 9.17) is 4.74 Å². The highest BCUT2D eigenvalue weighted by atomic mass is 32.1. The van der Waals surface area contributed by atoms with Gasteiger partial charge in [0, 0.05) is 63.5 Å². The lowest BCUT2D eigenvalue weighted by Gasteiger charge is -2.34. The SMILES string of the molecule is Cc1nc(N2CCOCC2)[nH]c(=O)c1CCC(=O)N1CCN(Cc2ccsc2)CC1. The van der Waals surface area contributed by atoms with E-state index in [1.807, 2.05) is 16.7 Å². The van der Waals surface area contributed by atoms with Crippen molar-refractivity contribution >= 4 is 23.2 Å². The van der Waals surface area contributed by atoms with E-state index in [-0.39, 0.29) is 11.5 Å². The van der Waals surface area contributed by atoms with Crippen molar-refractivity contribution in [2.75, 3.05) is 57.4 Å². The number of aryl methyl sites for hydroxylation is 1. The maximum Gasteiger partial charge on any atom is 0.255 e. The van der Waals surface area contributed by atoms with Gasteiger partial charge in [0.1, 0.15) is 0 Å². The lowest BCUT2D eigenvalue weighted by Crippen LogP contribution is -2.48. The van der Waals surface area contributed by atoms with Crippen molar-refractivity contribution in [1.29, 1.82) is 0 Å². The van der Waals surface area contributed by atoms with Crippen LogP contribution in [-0.4, -0.2) is 78.2 Å². The van der Waals surface area contributed by atoms with Crippen LogP contribution in [0, 0.1) is 6.92 Å². The molecule has 1 N–H and O–H groups in total. The highest BCUT2D eigenvalue weighted by molar-refractivity contribution is 7.07. The number of rotatable bonds is 6. The number of ether oxygens (including phenoxy) is 1. The quantitative estimate of drug-likeness (QED) is 0.742. The highest BCUT2D eigenvalue weighted by Crippen LogP contribution is 2.14. The van der Waals surface area contributed by atoms with Gasteiger partial charge in [-0.2, -0.15) is 11.3 Å². The van der Waals surface area contributed by atoms with E-state index in [2.05, 4.69) is 31.7 Å². The number of morpholine rings is 1. The van der Waals surface area contributed by atoms with Crippen molar-refractivity contribution in [1.82, 2.24) is 19.8 Å². The Hall–Kier alpha value is -2.23. The van der Waals surface area contributed by atoms with E-state index in [1.165, 1.54) is 5.56 Å². The molecule has 0 aromatic carbocycles. The van der Waals surface area contributed by atoms with Gasteiger partial charge in [-0.1, -0.05) is 0 Å². The normalized spacial score (nSPS) is 18.0. The van der Waals surface area contributed by atoms with Crippen LogP contribution in [0.25, 0.3) is 0 Å². The summed E-state index contributed by atoms with van der Waals surface area (Å²) in [7, 11) is 0. The third kappa shape index (κ3) is 5.08. The molecule has 162 valence electrons. The number of nitrogens with one attached hydrogen (secondary N) is 1. The number of hydrogen-bond donors (Lipinski definition) is 1. The predicted molar refractivity (Wildman–Crippen MR) is 117 cm³/mol. The molecule has 2 fully saturated rings. The number of carbonyl (C=O) groups is 1. The average Bonchev–Trinajstić information content (AvgIpc) is 3.27. The van der Waals surface area contributed by atoms with Crippen LogP contribution in [-0.2, 0) is 22.5 Å². The summed E-state index contributed by atoms with van der Waals surface area (Å²) in [6, 6.07) is 2.15. The summed E-state index contributed by atoms with van der Waals surface area (Å²) in [4.78, 5) is 39.1. The summed E-state index contributed by atoms with van der Waals surface area (Å²) in [5.41, 5.74) is 2.50. The van der Waals surface area contributed by atoms with Gasteiger partial charge in [0.2, 0.25) is 11.9 Å². The first kappa shape index (κ1) is 21.0. The van der Waals surface area contributed by atoms with Gasteiger partial charge < -0.3 is 14.5 Å². The third-order valence-electron chi connectivity index (χ3n) is 5.82. The Labute approximate surface area is 180 Å². The average molecular weight is 432 g/mol. The summed E-state index contributed by atoms with van der Waals surface area (Å²) in [6.45, 7) is 8.77. The molecule has 4 heterocycles. The topological polar surface area (TPSA) is 81.8 Å². The van der Waals surface area contributed by atoms with E-state index in [0.29, 0.717) is 43.3 Å². The smallest absolute Gasteiger partial charge is 0.255 e. The van der Waals surface area contributed by atoms with Crippen LogP contribution in [0.5, 0.6) is 0 Å². The molecule has 8 nitrogen and oxygen atoms in total. The van der Waals surface area contributed by atoms with Gasteiger partial charge in [-0.3, -0.25) is 19.5 Å². The summed E-state index contributed by atoms with van der Waals surface area (Å²) in [5.74, 6) is 0.707. The minimum atomic E-state index is -0.141. The Bertz CT molecular complexity index is 900. The number of thiophene rings is 1. The molecule has 0 unspecified atom stereocenters. The molecule has 0 atom stereocenters. The fourth-order valence-corrected chi connectivity index (χ4v) is 4.66. The lowest BCUT2D eigenvalue weighted by atomic mass is 10.1. The zero-order valence-corrected chi connectivity index (χ0v) is 18.2. The van der Waals surface area contributed by atoms with Crippen molar-refractivity contribution in [2.24, 2.45) is 0 Å². The molecule has 30 heavy (non-hydrogen) atoms. The molecule has 2 saturated heterocycles. The van der Waals surface area contributed by atoms with E-state index in [0.717, 1.165) is 45.8 Å². The van der Waals surface area contributed by atoms with Crippen LogP contribution < -0.4 is 10.5 Å². The van der Waals surface area contributed by atoms with Crippen LogP contribution in [0.1, 0.15) is 23.2 Å². The van der Waals surface area contributed by atoms with E-state index in [1.54, 1.807) is 11.3 Å². The molecule has 0 aliphatic carbocycles. The molecule has 4 rings (SSSR count). The first-order valence-electron chi connectivity index (χ1n) is 10.5. The van der Waals surface area contributed by atoms with Gasteiger partial charge in [0.05, 0.1) is 13.2 Å². The van der Waals surface area contributed by atoms with Crippen LogP contribution in [0.2, 0.25) is 0 Å². The second-order valence-corrected chi connectivity index (χ2v) is 8.62. The highest BCUT2D eigenvalue weighted by Gasteiger charge is 2.22. The number of carbonyl (C=O) groups excluding carboxylic acids is 1. The fraction of sp³-hybridized carbons (Fsp3) is 0.571. The summed E-state index contributed by atoms with van der Waals surface area (Å²) >= 11 is 1.72. The van der Waals surface area contributed by atoms with Crippen molar-refractivity contribution < 1.29 is 9.53 Å². The molecular formula is C21H29N5O3S. The third-order valence-corrected chi connectivity index (χ3v) is 6.55. The number of amides is 1. The van der Waals surface area contributed by atoms with Crippen molar-refractivity contribution in [3.8, 4) is 0 Å². The summed E-state index contributed by atoms with van der Waals surface area (Å²) in [5, 5.41) is 4.27. The minimum Gasteiger partial charge on any atom is -0.378 e. The minimum absolute atomic E-state index is 0.112. The molecule has 2 aromatic rings. The van der Waals surface area contributed by atoms with Crippen molar-refractivity contribution in [2.45, 2.75) is 26.3 Å². The number of anilines is 1. The molecule has 2 aliphatic heterocycles. The monoisotopic (exact) mass is 431 g/mol. The van der Waals surface area contributed by atoms with Gasteiger partial charge in [-0.15, -0.1) is 0 Å². The Kier molecular flexibility index (Phi) is 6.81. The molecule has 2 aliphatic rings. The number of aromatic amines is 1. The van der Waals surface area contributed by atoms with E-state index >= 15 is 0 Å². The Morgan fingerprint density at radius 2 is 1.97 bits per heavy atom. The Balaban J connectivity index is 1.29. The summed E-state index contributed by atoms with van der Waals surface area (Å²) in [6.07, 6.45) is 0.762. The molecule has 1 amide bonds. The van der Waals surface area contributed by atoms with Crippen molar-refractivity contribution in [3.63, 3.8) is 0 Å². The molecule has 0 spiro atoms. The number of H-pyrrole nitrogens is 1. The maximum atomic E-state index is 12.7. The second-order valence-electron chi connectivity index (χ2n) is 7.84. The number of piperazine rings is 1. The molecule has 9 heteroatoms. The van der Waals surface area contributed by atoms with Gasteiger partial charge in [-0.25, -0.2) is 4.98 Å². The van der Waals surface area contributed by atoms with Crippen LogP contribution >= 0.6 is 11.3 Å². The molecule has 0 saturated carbocycles. The first-order valence-corrected chi connectivity index (χ1v) is 11.5. The molecule has 0 radical (unpaired) electrons. The number of hydrogen-bond acceptors (Lipinski definition) is 7. The largest absolute Gasteiger partial charge is 0.378 e. The predicted octanol–water partition coefficient (Wildman–Crippen LogP) is 1.25. The van der Waals surface area contributed by atoms with Gasteiger partial charge >= 0.3 is 0 Å². The van der Waals surface area contributed by atoms with Crippen LogP contribution in [0.15, 0.2) is 21.6 Å². The van der Waals surface area contributed by atoms with Gasteiger partial charge in [-0.05, 0) is 35.7 Å². The van der Waals surface area contributed by atoms with Crippen LogP contribution in [0.3, 0.4) is 0 Å². The van der Waals surface area contributed by atoms with Crippen molar-refractivity contribution in [3.05, 3.63) is 44.0 Å². The standard InChI is InChI=1S/C21H29N5O3S/c1-16-18(20(28)23-21(22-16)26-9-11-29-12-10-26)2-3-19(27)25-7-5-24(6-8-25)14-17-4-13-30-15-17/h4,13,15H,2-3,5-12,14H2,1H3,(H,22,23,28). The Morgan fingerprint density at radius 1 is 1.20 bits per heavy atom. The fourth-order valence-electron chi connectivity index (χ4n) is 4.00. The molecule has 0 bridgehead atoms. The first-order chi connectivity index (χ1) is 14.6. The number of nitrogens with zero attached hydrogens (tertiary/aromatic N) is 4. The zero-order valence-electron chi connectivity index (χ0n) is 17.4. The zero-order chi connectivity index (χ0) is 20.9. The molecule has 2 aromatic heterocycles. The van der Waals surface area contributed by atoms with E-state index in [9.17, 15) is 9.59 Å². The Morgan fingerprint density at radius 3 is 2.63 bits per heavy atom. The van der Waals surface area contributed by atoms with Gasteiger partial charge in [0.25, 0.3) is 5.56 Å².